The van der Waals surface area contributed by atoms with Gasteiger partial charge in [-0.15, -0.1) is 0 Å². The predicted molar refractivity (Wildman–Crippen MR) is 103 cm³/mol. The van der Waals surface area contributed by atoms with Crippen LogP contribution in [0.2, 0.25) is 0 Å². The summed E-state index contributed by atoms with van der Waals surface area (Å²) in [6.45, 7) is 0.319. The van der Waals surface area contributed by atoms with Crippen LogP contribution in [0, 0.1) is 11.3 Å². The summed E-state index contributed by atoms with van der Waals surface area (Å²) in [4.78, 5) is 41.5. The summed E-state index contributed by atoms with van der Waals surface area (Å²) in [7, 11) is 1.54. The van der Waals surface area contributed by atoms with Crippen LogP contribution >= 0.6 is 0 Å². The first-order valence-electron chi connectivity index (χ1n) is 8.65. The van der Waals surface area contributed by atoms with Crippen molar-refractivity contribution in [2.75, 3.05) is 18.6 Å². The number of carbonyl (C=O) groups excluding carboxylic acids is 1. The highest BCUT2D eigenvalue weighted by molar-refractivity contribution is 5.97. The zero-order chi connectivity index (χ0) is 19.8. The van der Waals surface area contributed by atoms with E-state index in [9.17, 15) is 14.4 Å². The number of rotatable bonds is 3. The Labute approximate surface area is 159 Å². The minimum Gasteiger partial charge on any atom is -0.495 e. The monoisotopic (exact) mass is 376 g/mol. The Morgan fingerprint density at radius 1 is 1.21 bits per heavy atom. The maximum absolute atomic E-state index is 12.9. The number of nitrogens with one attached hydrogen (secondary N) is 1. The molecule has 0 aliphatic carbocycles. The second-order valence-corrected chi connectivity index (χ2v) is 6.51. The van der Waals surface area contributed by atoms with Crippen molar-refractivity contribution in [2.24, 2.45) is 0 Å². The van der Waals surface area contributed by atoms with Crippen molar-refractivity contribution in [1.29, 1.82) is 5.26 Å². The van der Waals surface area contributed by atoms with Crippen molar-refractivity contribution in [3.8, 4) is 11.8 Å². The number of aromatic amines is 1. The van der Waals surface area contributed by atoms with Gasteiger partial charge in [-0.25, -0.2) is 0 Å². The molecule has 1 amide bonds. The first kappa shape index (κ1) is 17.5. The number of carbonyl (C=O) groups is 1. The van der Waals surface area contributed by atoms with E-state index in [2.05, 4.69) is 4.98 Å². The van der Waals surface area contributed by atoms with E-state index in [-0.39, 0.29) is 34.9 Å². The summed E-state index contributed by atoms with van der Waals surface area (Å²) in [6.07, 6.45) is 1.73. The molecular weight excluding hydrogens is 360 g/mol. The topological polar surface area (TPSA) is 108 Å². The standard InChI is InChI=1S/C20H16N4O4/c1-28-17-5-3-2-4-16(17)24-11-13(9-18(24)25)23-7-6-15-14(20(23)27)8-12(10-21)19(26)22-15/h2-8,13H,9,11H2,1H3,(H,22,26). The van der Waals surface area contributed by atoms with Crippen LogP contribution in [0.25, 0.3) is 10.9 Å². The number of benzene rings is 1. The van der Waals surface area contributed by atoms with Crippen LogP contribution in [0.3, 0.4) is 0 Å². The third-order valence-corrected chi connectivity index (χ3v) is 4.93. The smallest absolute Gasteiger partial charge is 0.266 e. The van der Waals surface area contributed by atoms with Crippen molar-refractivity contribution < 1.29 is 9.53 Å². The van der Waals surface area contributed by atoms with Crippen LogP contribution in [0.4, 0.5) is 5.69 Å². The molecule has 0 saturated carbocycles. The number of nitrogens with zero attached hydrogens (tertiary/aromatic N) is 3. The molecule has 1 atom stereocenters. The number of ether oxygens (including phenoxy) is 1. The van der Waals surface area contributed by atoms with Gasteiger partial charge in [-0.1, -0.05) is 12.1 Å². The molecule has 28 heavy (non-hydrogen) atoms. The number of methoxy groups -OCH3 is 1. The largest absolute Gasteiger partial charge is 0.495 e. The molecular formula is C20H16N4O4. The van der Waals surface area contributed by atoms with Gasteiger partial charge >= 0.3 is 0 Å². The lowest BCUT2D eigenvalue weighted by Gasteiger charge is -2.20. The Balaban J connectivity index is 1.75. The number of fused-ring (bicyclic) bond motifs is 1. The molecule has 0 bridgehead atoms. The molecule has 0 radical (unpaired) electrons. The molecule has 1 aromatic carbocycles. The maximum Gasteiger partial charge on any atom is 0.266 e. The van der Waals surface area contributed by atoms with Gasteiger partial charge in [0.2, 0.25) is 5.91 Å². The van der Waals surface area contributed by atoms with Gasteiger partial charge in [-0.3, -0.25) is 14.4 Å². The molecule has 4 rings (SSSR count). The van der Waals surface area contributed by atoms with Gasteiger partial charge in [0.25, 0.3) is 11.1 Å². The van der Waals surface area contributed by atoms with E-state index in [1.165, 1.54) is 17.7 Å². The minimum atomic E-state index is -0.537. The van der Waals surface area contributed by atoms with E-state index in [0.717, 1.165) is 0 Å². The molecule has 1 aliphatic heterocycles. The quantitative estimate of drug-likeness (QED) is 0.746. The van der Waals surface area contributed by atoms with E-state index in [4.69, 9.17) is 10.00 Å². The number of para-hydroxylation sites is 2. The van der Waals surface area contributed by atoms with Crippen LogP contribution in [0.5, 0.6) is 5.75 Å². The Bertz CT molecular complexity index is 1250. The summed E-state index contributed by atoms with van der Waals surface area (Å²) >= 11 is 0. The van der Waals surface area contributed by atoms with Gasteiger partial charge in [0.15, 0.2) is 0 Å². The van der Waals surface area contributed by atoms with Crippen LogP contribution < -0.4 is 20.8 Å². The van der Waals surface area contributed by atoms with Crippen molar-refractivity contribution in [1.82, 2.24) is 9.55 Å². The number of hydrogen-bond acceptors (Lipinski definition) is 5. The highest BCUT2D eigenvalue weighted by Crippen LogP contribution is 2.34. The third kappa shape index (κ3) is 2.74. The number of pyridine rings is 2. The molecule has 1 N–H and O–H groups in total. The third-order valence-electron chi connectivity index (χ3n) is 4.93. The van der Waals surface area contributed by atoms with E-state index in [1.807, 2.05) is 12.1 Å². The zero-order valence-electron chi connectivity index (χ0n) is 15.0. The highest BCUT2D eigenvalue weighted by atomic mass is 16.5. The average Bonchev–Trinajstić information content (AvgIpc) is 3.09. The number of aromatic nitrogens is 2. The number of nitriles is 1. The van der Waals surface area contributed by atoms with Crippen molar-refractivity contribution in [2.45, 2.75) is 12.5 Å². The molecule has 1 fully saturated rings. The van der Waals surface area contributed by atoms with Gasteiger partial charge in [-0.2, -0.15) is 5.26 Å². The van der Waals surface area contributed by atoms with Gasteiger partial charge in [0, 0.05) is 19.2 Å². The highest BCUT2D eigenvalue weighted by Gasteiger charge is 2.33. The summed E-state index contributed by atoms with van der Waals surface area (Å²) in [5.41, 5.74) is -0.00504. The van der Waals surface area contributed by atoms with Crippen molar-refractivity contribution >= 4 is 22.5 Å². The Hall–Kier alpha value is -3.86. The van der Waals surface area contributed by atoms with Gasteiger partial charge < -0.3 is 19.2 Å². The molecule has 8 heteroatoms. The summed E-state index contributed by atoms with van der Waals surface area (Å²) < 4.78 is 6.82. The number of amides is 1. The average molecular weight is 376 g/mol. The molecule has 8 nitrogen and oxygen atoms in total. The first-order valence-corrected chi connectivity index (χ1v) is 8.65. The Morgan fingerprint density at radius 2 is 2.00 bits per heavy atom. The molecule has 3 heterocycles. The maximum atomic E-state index is 12.9. The van der Waals surface area contributed by atoms with E-state index in [1.54, 1.807) is 35.4 Å². The molecule has 1 unspecified atom stereocenters. The fourth-order valence-electron chi connectivity index (χ4n) is 3.55. The lowest BCUT2D eigenvalue weighted by Crippen LogP contribution is -2.29. The fourth-order valence-corrected chi connectivity index (χ4v) is 3.55. The number of hydrogen-bond donors (Lipinski definition) is 1. The zero-order valence-corrected chi connectivity index (χ0v) is 15.0. The van der Waals surface area contributed by atoms with E-state index < -0.39 is 5.56 Å². The minimum absolute atomic E-state index is 0.110. The molecule has 140 valence electrons. The van der Waals surface area contributed by atoms with Crippen LogP contribution in [0.15, 0.2) is 52.2 Å². The number of anilines is 1. The summed E-state index contributed by atoms with van der Waals surface area (Å²) in [5, 5.41) is 9.29. The van der Waals surface area contributed by atoms with E-state index >= 15 is 0 Å². The molecule has 0 spiro atoms. The lowest BCUT2D eigenvalue weighted by molar-refractivity contribution is -0.117. The summed E-state index contributed by atoms with van der Waals surface area (Å²) in [5.74, 6) is 0.472. The van der Waals surface area contributed by atoms with Gasteiger partial charge in [-0.05, 0) is 24.3 Å². The summed E-state index contributed by atoms with van der Waals surface area (Å²) in [6, 6.07) is 11.5. The van der Waals surface area contributed by atoms with Crippen LogP contribution in [-0.4, -0.2) is 29.1 Å². The van der Waals surface area contributed by atoms with Gasteiger partial charge in [0.05, 0.1) is 29.7 Å². The van der Waals surface area contributed by atoms with Crippen molar-refractivity contribution in [3.63, 3.8) is 0 Å². The normalized spacial score (nSPS) is 16.4. The molecule has 1 aliphatic rings. The molecule has 3 aromatic rings. The Morgan fingerprint density at radius 3 is 2.75 bits per heavy atom. The number of H-pyrrole nitrogens is 1. The Kier molecular flexibility index (Phi) is 4.20. The van der Waals surface area contributed by atoms with Crippen LogP contribution in [0.1, 0.15) is 18.0 Å². The lowest BCUT2D eigenvalue weighted by atomic mass is 10.2. The predicted octanol–water partition coefficient (Wildman–Crippen LogP) is 1.55. The second kappa shape index (κ2) is 6.70. The second-order valence-electron chi connectivity index (χ2n) is 6.51. The van der Waals surface area contributed by atoms with Gasteiger partial charge in [0.1, 0.15) is 17.4 Å². The molecule has 2 aromatic heterocycles. The first-order chi connectivity index (χ1) is 13.5. The van der Waals surface area contributed by atoms with Crippen molar-refractivity contribution in [3.05, 3.63) is 68.9 Å². The molecule has 1 saturated heterocycles. The van der Waals surface area contributed by atoms with Crippen LogP contribution in [-0.2, 0) is 4.79 Å². The SMILES string of the molecule is COc1ccccc1N1CC(n2ccc3[nH]c(=O)c(C#N)cc3c2=O)CC1=O. The van der Waals surface area contributed by atoms with E-state index in [0.29, 0.717) is 23.5 Å². The fraction of sp³-hybridized carbons (Fsp3) is 0.200.